The zero-order valence-electron chi connectivity index (χ0n) is 12.2. The molecule has 0 bridgehead atoms. The van der Waals surface area contributed by atoms with E-state index in [0.29, 0.717) is 6.61 Å². The van der Waals surface area contributed by atoms with Crippen LogP contribution in [0.25, 0.3) is 0 Å². The standard InChI is InChI=1S/C17H19ClFNO/c1-3-10-21-16-7-5-4-6-13(16)17(20-2)12-8-9-15(19)14(18)11-12/h4-9,11,17,20H,3,10H2,1-2H3. The molecule has 2 nitrogen and oxygen atoms in total. The minimum atomic E-state index is -0.411. The van der Waals surface area contributed by atoms with Gasteiger partial charge in [0.1, 0.15) is 11.6 Å². The molecule has 0 fully saturated rings. The fourth-order valence-electron chi connectivity index (χ4n) is 2.26. The molecule has 0 saturated carbocycles. The Labute approximate surface area is 129 Å². The van der Waals surface area contributed by atoms with Crippen molar-refractivity contribution in [2.45, 2.75) is 19.4 Å². The zero-order chi connectivity index (χ0) is 15.2. The molecule has 0 spiro atoms. The maximum Gasteiger partial charge on any atom is 0.141 e. The van der Waals surface area contributed by atoms with Crippen LogP contribution in [0.4, 0.5) is 4.39 Å². The molecule has 0 saturated heterocycles. The van der Waals surface area contributed by atoms with Gasteiger partial charge >= 0.3 is 0 Å². The number of para-hydroxylation sites is 1. The quantitative estimate of drug-likeness (QED) is 0.843. The Morgan fingerprint density at radius 3 is 2.67 bits per heavy atom. The third kappa shape index (κ3) is 3.74. The second-order valence-electron chi connectivity index (χ2n) is 4.78. The third-order valence-electron chi connectivity index (χ3n) is 3.26. The highest BCUT2D eigenvalue weighted by Crippen LogP contribution is 2.31. The molecule has 0 heterocycles. The van der Waals surface area contributed by atoms with Crippen molar-refractivity contribution < 1.29 is 9.13 Å². The summed E-state index contributed by atoms with van der Waals surface area (Å²) in [6.45, 7) is 2.73. The van der Waals surface area contributed by atoms with Crippen molar-refractivity contribution in [3.63, 3.8) is 0 Å². The summed E-state index contributed by atoms with van der Waals surface area (Å²) in [6.07, 6.45) is 0.945. The fraction of sp³-hybridized carbons (Fsp3) is 0.294. The smallest absolute Gasteiger partial charge is 0.141 e. The molecule has 4 heteroatoms. The molecule has 0 amide bonds. The van der Waals surface area contributed by atoms with Gasteiger partial charge in [-0.2, -0.15) is 0 Å². The number of hydrogen-bond acceptors (Lipinski definition) is 2. The topological polar surface area (TPSA) is 21.3 Å². The van der Waals surface area contributed by atoms with Crippen LogP contribution in [0.2, 0.25) is 5.02 Å². The molecule has 0 aliphatic carbocycles. The first kappa shape index (κ1) is 15.8. The molecular formula is C17H19ClFNO. The van der Waals surface area contributed by atoms with E-state index in [0.717, 1.165) is 23.3 Å². The highest BCUT2D eigenvalue weighted by atomic mass is 35.5. The van der Waals surface area contributed by atoms with Crippen molar-refractivity contribution in [1.82, 2.24) is 5.32 Å². The first-order valence-corrected chi connectivity index (χ1v) is 7.39. The lowest BCUT2D eigenvalue weighted by molar-refractivity contribution is 0.312. The van der Waals surface area contributed by atoms with Crippen LogP contribution < -0.4 is 10.1 Å². The van der Waals surface area contributed by atoms with E-state index in [-0.39, 0.29) is 11.1 Å². The van der Waals surface area contributed by atoms with Gasteiger partial charge in [-0.25, -0.2) is 4.39 Å². The second kappa shape index (κ2) is 7.43. The van der Waals surface area contributed by atoms with Crippen LogP contribution in [0.5, 0.6) is 5.75 Å². The van der Waals surface area contributed by atoms with E-state index in [9.17, 15) is 4.39 Å². The molecule has 1 unspecified atom stereocenters. The van der Waals surface area contributed by atoms with E-state index < -0.39 is 5.82 Å². The highest BCUT2D eigenvalue weighted by Gasteiger charge is 2.17. The molecule has 1 atom stereocenters. The predicted octanol–water partition coefficient (Wildman–Crippen LogP) is 4.58. The van der Waals surface area contributed by atoms with Crippen molar-refractivity contribution >= 4 is 11.6 Å². The normalized spacial score (nSPS) is 12.2. The summed E-state index contributed by atoms with van der Waals surface area (Å²) in [5.41, 5.74) is 1.91. The summed E-state index contributed by atoms with van der Waals surface area (Å²) >= 11 is 5.89. The average molecular weight is 308 g/mol. The van der Waals surface area contributed by atoms with Crippen LogP contribution in [0, 0.1) is 5.82 Å². The van der Waals surface area contributed by atoms with Gasteiger partial charge in [0.2, 0.25) is 0 Å². The van der Waals surface area contributed by atoms with E-state index in [1.807, 2.05) is 31.3 Å². The van der Waals surface area contributed by atoms with Crippen molar-refractivity contribution in [2.75, 3.05) is 13.7 Å². The summed E-state index contributed by atoms with van der Waals surface area (Å²) in [5, 5.41) is 3.36. The molecule has 2 rings (SSSR count). The number of benzene rings is 2. The van der Waals surface area contributed by atoms with Crippen LogP contribution >= 0.6 is 11.6 Å². The van der Waals surface area contributed by atoms with E-state index in [1.165, 1.54) is 6.07 Å². The van der Waals surface area contributed by atoms with Crippen molar-refractivity contribution in [1.29, 1.82) is 0 Å². The lowest BCUT2D eigenvalue weighted by atomic mass is 9.98. The third-order valence-corrected chi connectivity index (χ3v) is 3.55. The van der Waals surface area contributed by atoms with Gasteiger partial charge in [0.15, 0.2) is 0 Å². The largest absolute Gasteiger partial charge is 0.493 e. The number of hydrogen-bond donors (Lipinski definition) is 1. The first-order chi connectivity index (χ1) is 10.2. The Hall–Kier alpha value is -1.58. The molecule has 0 aromatic heterocycles. The van der Waals surface area contributed by atoms with Gasteiger partial charge in [0.05, 0.1) is 17.7 Å². The van der Waals surface area contributed by atoms with Crippen molar-refractivity contribution in [3.05, 3.63) is 64.4 Å². The second-order valence-corrected chi connectivity index (χ2v) is 5.19. The summed E-state index contributed by atoms with van der Waals surface area (Å²) in [6, 6.07) is 12.5. The van der Waals surface area contributed by atoms with E-state index in [1.54, 1.807) is 12.1 Å². The van der Waals surface area contributed by atoms with Crippen LogP contribution in [0.1, 0.15) is 30.5 Å². The molecule has 21 heavy (non-hydrogen) atoms. The number of rotatable bonds is 6. The molecule has 0 aliphatic heterocycles. The van der Waals surface area contributed by atoms with E-state index in [4.69, 9.17) is 16.3 Å². The number of nitrogens with one attached hydrogen (secondary N) is 1. The Kier molecular flexibility index (Phi) is 5.59. The molecule has 112 valence electrons. The molecule has 0 aliphatic rings. The SMILES string of the molecule is CCCOc1ccccc1C(NC)c1ccc(F)c(Cl)c1. The maximum absolute atomic E-state index is 13.3. The summed E-state index contributed by atoms with van der Waals surface area (Å²) in [7, 11) is 1.86. The Morgan fingerprint density at radius 2 is 2.00 bits per heavy atom. The summed E-state index contributed by atoms with van der Waals surface area (Å²) in [5.74, 6) is 0.421. The zero-order valence-corrected chi connectivity index (χ0v) is 13.0. The van der Waals surface area contributed by atoms with Crippen molar-refractivity contribution in [2.24, 2.45) is 0 Å². The van der Waals surface area contributed by atoms with Gasteiger partial charge in [-0.15, -0.1) is 0 Å². The Balaban J connectivity index is 2.38. The summed E-state index contributed by atoms with van der Waals surface area (Å²) in [4.78, 5) is 0. The monoisotopic (exact) mass is 307 g/mol. The van der Waals surface area contributed by atoms with Gasteiger partial charge in [-0.1, -0.05) is 42.8 Å². The van der Waals surface area contributed by atoms with E-state index >= 15 is 0 Å². The minimum absolute atomic E-state index is 0.101. The average Bonchev–Trinajstić information content (AvgIpc) is 2.50. The van der Waals surface area contributed by atoms with E-state index in [2.05, 4.69) is 12.2 Å². The van der Waals surface area contributed by atoms with Gasteiger partial charge in [0, 0.05) is 5.56 Å². The lowest BCUT2D eigenvalue weighted by Gasteiger charge is -2.21. The molecule has 2 aromatic rings. The summed E-state index contributed by atoms with van der Waals surface area (Å²) < 4.78 is 19.1. The van der Waals surface area contributed by atoms with Crippen LogP contribution in [0.3, 0.4) is 0 Å². The number of halogens is 2. The van der Waals surface area contributed by atoms with Gasteiger partial charge < -0.3 is 10.1 Å². The van der Waals surface area contributed by atoms with Crippen LogP contribution in [0.15, 0.2) is 42.5 Å². The Morgan fingerprint density at radius 1 is 1.24 bits per heavy atom. The van der Waals surface area contributed by atoms with Crippen LogP contribution in [-0.2, 0) is 0 Å². The van der Waals surface area contributed by atoms with Crippen molar-refractivity contribution in [3.8, 4) is 5.75 Å². The first-order valence-electron chi connectivity index (χ1n) is 7.01. The molecule has 2 aromatic carbocycles. The van der Waals surface area contributed by atoms with Gasteiger partial charge in [0.25, 0.3) is 0 Å². The Bertz CT molecular complexity index is 603. The van der Waals surface area contributed by atoms with Gasteiger partial charge in [-0.3, -0.25) is 0 Å². The molecular weight excluding hydrogens is 289 g/mol. The molecule has 1 N–H and O–H groups in total. The fourth-order valence-corrected chi connectivity index (χ4v) is 2.45. The van der Waals surface area contributed by atoms with Gasteiger partial charge in [-0.05, 0) is 37.2 Å². The number of ether oxygens (including phenoxy) is 1. The lowest BCUT2D eigenvalue weighted by Crippen LogP contribution is -2.19. The minimum Gasteiger partial charge on any atom is -0.493 e. The predicted molar refractivity (Wildman–Crippen MR) is 84.5 cm³/mol. The molecule has 0 radical (unpaired) electrons. The maximum atomic E-state index is 13.3. The van der Waals surface area contributed by atoms with Crippen LogP contribution in [-0.4, -0.2) is 13.7 Å². The highest BCUT2D eigenvalue weighted by molar-refractivity contribution is 6.30.